The Balaban J connectivity index is 4.25. The van der Waals surface area contributed by atoms with Gasteiger partial charge >= 0.3 is 19.8 Å². The van der Waals surface area contributed by atoms with Crippen LogP contribution >= 0.6 is 7.82 Å². The smallest absolute Gasteiger partial charge is 0.462 e. The molecule has 0 saturated heterocycles. The van der Waals surface area contributed by atoms with Gasteiger partial charge in [-0.15, -0.1) is 0 Å². The second kappa shape index (κ2) is 36.3. The quantitative estimate of drug-likeness (QED) is 0.0279. The molecule has 0 radical (unpaired) electrons. The van der Waals surface area contributed by atoms with Crippen molar-refractivity contribution in [1.82, 2.24) is 0 Å². The Morgan fingerprint density at radius 3 is 1.55 bits per heavy atom. The van der Waals surface area contributed by atoms with E-state index in [1.807, 2.05) is 6.08 Å². The van der Waals surface area contributed by atoms with E-state index in [1.165, 1.54) is 96.3 Å². The van der Waals surface area contributed by atoms with Crippen molar-refractivity contribution in [1.29, 1.82) is 0 Å². The van der Waals surface area contributed by atoms with Gasteiger partial charge in [0.2, 0.25) is 0 Å². The van der Waals surface area contributed by atoms with Gasteiger partial charge in [0.1, 0.15) is 6.61 Å². The third kappa shape index (κ3) is 36.1. The second-order valence-corrected chi connectivity index (χ2v) is 14.6. The largest absolute Gasteiger partial charge is 0.472 e. The second-order valence-electron chi connectivity index (χ2n) is 13.1. The van der Waals surface area contributed by atoms with Crippen molar-refractivity contribution in [3.8, 4) is 0 Å². The van der Waals surface area contributed by atoms with Crippen LogP contribution in [0.2, 0.25) is 0 Å². The number of carbonyl (C=O) groups is 2. The lowest BCUT2D eigenvalue weighted by atomic mass is 10.1. The van der Waals surface area contributed by atoms with Crippen LogP contribution in [-0.2, 0) is 32.7 Å². The van der Waals surface area contributed by atoms with Gasteiger partial charge in [0.05, 0.1) is 13.2 Å². The highest BCUT2D eigenvalue weighted by Gasteiger charge is 2.25. The zero-order valence-electron chi connectivity index (χ0n) is 31.4. The molecular formula is C39H74NO8P. The summed E-state index contributed by atoms with van der Waals surface area (Å²) in [4.78, 5) is 34.7. The average Bonchev–Trinajstić information content (AvgIpc) is 3.08. The van der Waals surface area contributed by atoms with Crippen LogP contribution in [-0.4, -0.2) is 49.3 Å². The summed E-state index contributed by atoms with van der Waals surface area (Å²) in [6.45, 7) is 3.66. The van der Waals surface area contributed by atoms with Crippen molar-refractivity contribution in [3.05, 3.63) is 24.3 Å². The molecule has 0 bridgehead atoms. The Bertz CT molecular complexity index is 866. The first-order chi connectivity index (χ1) is 23.8. The van der Waals surface area contributed by atoms with Gasteiger partial charge in [-0.1, -0.05) is 141 Å². The molecule has 0 fully saturated rings. The normalized spacial score (nSPS) is 13.6. The average molecular weight is 716 g/mol. The number of ether oxygens (including phenoxy) is 2. The highest BCUT2D eigenvalue weighted by molar-refractivity contribution is 7.47. The van der Waals surface area contributed by atoms with E-state index in [9.17, 15) is 19.0 Å². The lowest BCUT2D eigenvalue weighted by Gasteiger charge is -2.19. The van der Waals surface area contributed by atoms with Gasteiger partial charge in [0.25, 0.3) is 0 Å². The van der Waals surface area contributed by atoms with Gasteiger partial charge < -0.3 is 20.1 Å². The summed E-state index contributed by atoms with van der Waals surface area (Å²) < 4.78 is 32.6. The molecule has 0 aromatic rings. The summed E-state index contributed by atoms with van der Waals surface area (Å²) in [5.74, 6) is -0.894. The van der Waals surface area contributed by atoms with E-state index < -0.39 is 32.5 Å². The molecule has 0 aliphatic rings. The fraction of sp³-hybridized carbons (Fsp3) is 0.846. The molecule has 2 atom stereocenters. The molecular weight excluding hydrogens is 641 g/mol. The summed E-state index contributed by atoms with van der Waals surface area (Å²) >= 11 is 0. The number of carbonyl (C=O) groups excluding carboxylic acids is 2. The number of esters is 2. The Hall–Kier alpha value is -1.51. The number of allylic oxidation sites excluding steroid dienone is 4. The summed E-state index contributed by atoms with van der Waals surface area (Å²) in [5.41, 5.74) is 5.33. The summed E-state index contributed by atoms with van der Waals surface area (Å²) in [7, 11) is -4.38. The van der Waals surface area contributed by atoms with Gasteiger partial charge in [0, 0.05) is 19.4 Å². The minimum atomic E-state index is -4.38. The number of hydrogen-bond donors (Lipinski definition) is 2. The molecule has 0 aromatic heterocycles. The molecule has 49 heavy (non-hydrogen) atoms. The Kier molecular flexibility index (Phi) is 35.2. The van der Waals surface area contributed by atoms with Crippen LogP contribution in [0, 0.1) is 0 Å². The molecule has 0 aliphatic heterocycles. The fourth-order valence-electron chi connectivity index (χ4n) is 5.35. The molecule has 0 spiro atoms. The lowest BCUT2D eigenvalue weighted by molar-refractivity contribution is -0.161. The third-order valence-electron chi connectivity index (χ3n) is 8.32. The first-order valence-electron chi connectivity index (χ1n) is 19.8. The highest BCUT2D eigenvalue weighted by Crippen LogP contribution is 2.43. The van der Waals surface area contributed by atoms with Gasteiger partial charge in [-0.25, -0.2) is 4.57 Å². The molecule has 1 unspecified atom stereocenters. The van der Waals surface area contributed by atoms with E-state index in [-0.39, 0.29) is 32.6 Å². The van der Waals surface area contributed by atoms with Crippen LogP contribution in [0.4, 0.5) is 0 Å². The molecule has 0 aromatic carbocycles. The summed E-state index contributed by atoms with van der Waals surface area (Å²) in [6.07, 6.45) is 36.5. The van der Waals surface area contributed by atoms with Gasteiger partial charge in [-0.05, 0) is 51.4 Å². The Morgan fingerprint density at radius 2 is 1.04 bits per heavy atom. The maximum Gasteiger partial charge on any atom is 0.472 e. The van der Waals surface area contributed by atoms with E-state index in [2.05, 4.69) is 32.1 Å². The van der Waals surface area contributed by atoms with Crippen molar-refractivity contribution in [2.24, 2.45) is 5.73 Å². The minimum Gasteiger partial charge on any atom is -0.462 e. The van der Waals surface area contributed by atoms with Crippen molar-refractivity contribution >= 4 is 19.8 Å². The predicted molar refractivity (Wildman–Crippen MR) is 201 cm³/mol. The fourth-order valence-corrected chi connectivity index (χ4v) is 6.12. The number of phosphoric ester groups is 1. The van der Waals surface area contributed by atoms with E-state index in [0.29, 0.717) is 12.8 Å². The SMILES string of the molecule is CCCCCC/C=C/CCCCCCCC(=O)O[C@H](COC(=O)CC/C=C/CCCCCCCCCCCCC)COP(=O)(O)OCCN. The molecule has 3 N–H and O–H groups in total. The lowest BCUT2D eigenvalue weighted by Crippen LogP contribution is -2.29. The van der Waals surface area contributed by atoms with Crippen LogP contribution in [0.25, 0.3) is 0 Å². The molecule has 0 rings (SSSR count). The standard InChI is InChI=1S/C39H74NO8P/c1-3-5-7-9-11-13-15-17-18-20-21-23-25-27-29-31-38(41)45-35-37(36-47-49(43,44)46-34-33-40)48-39(42)32-30-28-26-24-22-19-16-14-12-10-8-6-4-2/h14,16,25,27,37H,3-13,15,17-24,26,28-36,40H2,1-2H3,(H,43,44)/b16-14+,27-25+/t37-/m1/s1. The van der Waals surface area contributed by atoms with Crippen molar-refractivity contribution < 1.29 is 37.6 Å². The number of unbranched alkanes of at least 4 members (excludes halogenated alkanes) is 20. The van der Waals surface area contributed by atoms with Gasteiger partial charge in [0.15, 0.2) is 6.10 Å². The number of hydrogen-bond acceptors (Lipinski definition) is 8. The Morgan fingerprint density at radius 1 is 0.592 bits per heavy atom. The Labute approximate surface area is 300 Å². The van der Waals surface area contributed by atoms with E-state index >= 15 is 0 Å². The van der Waals surface area contributed by atoms with Crippen LogP contribution in [0.1, 0.15) is 181 Å². The van der Waals surface area contributed by atoms with Crippen molar-refractivity contribution in [2.75, 3.05) is 26.4 Å². The number of rotatable bonds is 37. The van der Waals surface area contributed by atoms with Crippen LogP contribution < -0.4 is 5.73 Å². The van der Waals surface area contributed by atoms with Gasteiger partial charge in [-0.3, -0.25) is 18.6 Å². The van der Waals surface area contributed by atoms with Crippen LogP contribution in [0.3, 0.4) is 0 Å². The summed E-state index contributed by atoms with van der Waals surface area (Å²) in [6, 6.07) is 0. The monoisotopic (exact) mass is 716 g/mol. The molecule has 9 nitrogen and oxygen atoms in total. The van der Waals surface area contributed by atoms with Crippen LogP contribution in [0.15, 0.2) is 24.3 Å². The van der Waals surface area contributed by atoms with Crippen molar-refractivity contribution in [2.45, 2.75) is 187 Å². The topological polar surface area (TPSA) is 134 Å². The third-order valence-corrected chi connectivity index (χ3v) is 9.31. The van der Waals surface area contributed by atoms with E-state index in [0.717, 1.165) is 44.9 Å². The summed E-state index contributed by atoms with van der Waals surface area (Å²) in [5, 5.41) is 0. The minimum absolute atomic E-state index is 0.0491. The maximum atomic E-state index is 12.5. The number of nitrogens with two attached hydrogens (primary N) is 1. The van der Waals surface area contributed by atoms with Crippen molar-refractivity contribution in [3.63, 3.8) is 0 Å². The first-order valence-corrected chi connectivity index (χ1v) is 21.3. The van der Waals surface area contributed by atoms with E-state index in [1.54, 1.807) is 0 Å². The molecule has 0 aliphatic carbocycles. The van der Waals surface area contributed by atoms with E-state index in [4.69, 9.17) is 24.3 Å². The predicted octanol–water partition coefficient (Wildman–Crippen LogP) is 10.8. The molecule has 0 saturated carbocycles. The molecule has 10 heteroatoms. The number of phosphoric acid groups is 1. The highest BCUT2D eigenvalue weighted by atomic mass is 31.2. The van der Waals surface area contributed by atoms with Crippen LogP contribution in [0.5, 0.6) is 0 Å². The maximum absolute atomic E-state index is 12.5. The first kappa shape index (κ1) is 47.5. The molecule has 0 amide bonds. The zero-order valence-corrected chi connectivity index (χ0v) is 32.3. The molecule has 288 valence electrons. The molecule has 0 heterocycles. The van der Waals surface area contributed by atoms with Gasteiger partial charge in [-0.2, -0.15) is 0 Å². The zero-order chi connectivity index (χ0) is 36.1.